The third kappa shape index (κ3) is 3.47. The fourth-order valence-corrected chi connectivity index (χ4v) is 3.63. The molecule has 1 aromatic carbocycles. The third-order valence-electron chi connectivity index (χ3n) is 3.33. The van der Waals surface area contributed by atoms with E-state index in [9.17, 15) is 13.2 Å². The smallest absolute Gasteiger partial charge is 0.306 e. The van der Waals surface area contributed by atoms with Gasteiger partial charge in [0.2, 0.25) is 0 Å². The first-order valence-electron chi connectivity index (χ1n) is 6.81. The number of aryl methyl sites for hydroxylation is 2. The van der Waals surface area contributed by atoms with Gasteiger partial charge in [0.05, 0.1) is 11.6 Å². The van der Waals surface area contributed by atoms with E-state index in [1.165, 1.54) is 6.07 Å². The van der Waals surface area contributed by atoms with Crippen LogP contribution < -0.4 is 5.32 Å². The number of hydrogen-bond acceptors (Lipinski definition) is 2. The van der Waals surface area contributed by atoms with E-state index in [1.54, 1.807) is 23.5 Å². The minimum atomic E-state index is -4.34. The van der Waals surface area contributed by atoms with Gasteiger partial charge >= 0.3 is 6.18 Å². The predicted octanol–water partition coefficient (Wildman–Crippen LogP) is 5.08. The predicted molar refractivity (Wildman–Crippen MR) is 80.8 cm³/mol. The van der Waals surface area contributed by atoms with Crippen LogP contribution in [-0.4, -0.2) is 6.54 Å². The van der Waals surface area contributed by atoms with Gasteiger partial charge in [-0.25, -0.2) is 0 Å². The lowest BCUT2D eigenvalue weighted by atomic mass is 9.97. The number of thiophene rings is 1. The molecule has 0 aliphatic carbocycles. The van der Waals surface area contributed by atoms with Gasteiger partial charge in [-0.05, 0) is 43.7 Å². The topological polar surface area (TPSA) is 12.0 Å². The zero-order valence-corrected chi connectivity index (χ0v) is 13.0. The number of rotatable bonds is 4. The molecule has 1 N–H and O–H groups in total. The number of benzene rings is 1. The van der Waals surface area contributed by atoms with Gasteiger partial charge in [0.15, 0.2) is 0 Å². The molecule has 21 heavy (non-hydrogen) atoms. The van der Waals surface area contributed by atoms with Crippen molar-refractivity contribution in [1.82, 2.24) is 5.32 Å². The van der Waals surface area contributed by atoms with Crippen molar-refractivity contribution in [3.05, 3.63) is 56.8 Å². The van der Waals surface area contributed by atoms with Crippen LogP contribution in [0.1, 0.15) is 39.4 Å². The molecule has 1 atom stereocenters. The van der Waals surface area contributed by atoms with Crippen molar-refractivity contribution >= 4 is 11.3 Å². The van der Waals surface area contributed by atoms with E-state index >= 15 is 0 Å². The van der Waals surface area contributed by atoms with Crippen LogP contribution in [0.4, 0.5) is 13.2 Å². The van der Waals surface area contributed by atoms with Crippen molar-refractivity contribution in [2.45, 2.75) is 33.0 Å². The van der Waals surface area contributed by atoms with Gasteiger partial charge < -0.3 is 5.32 Å². The second-order valence-corrected chi connectivity index (χ2v) is 6.27. The minimum Gasteiger partial charge on any atom is -0.306 e. The third-order valence-corrected chi connectivity index (χ3v) is 4.54. The molecule has 0 aliphatic heterocycles. The van der Waals surface area contributed by atoms with Gasteiger partial charge in [0.25, 0.3) is 0 Å². The van der Waals surface area contributed by atoms with E-state index in [0.717, 1.165) is 21.4 Å². The summed E-state index contributed by atoms with van der Waals surface area (Å²) < 4.78 is 39.7. The van der Waals surface area contributed by atoms with E-state index in [2.05, 4.69) is 5.32 Å². The van der Waals surface area contributed by atoms with Crippen molar-refractivity contribution in [3.63, 3.8) is 0 Å². The molecule has 2 rings (SSSR count). The second-order valence-electron chi connectivity index (χ2n) is 4.98. The van der Waals surface area contributed by atoms with Crippen molar-refractivity contribution in [2.24, 2.45) is 0 Å². The molecule has 0 fully saturated rings. The molecule has 0 spiro atoms. The lowest BCUT2D eigenvalue weighted by Gasteiger charge is -2.22. The largest absolute Gasteiger partial charge is 0.416 e. The Morgan fingerprint density at radius 2 is 1.86 bits per heavy atom. The summed E-state index contributed by atoms with van der Waals surface area (Å²) in [5, 5.41) is 3.19. The Labute approximate surface area is 126 Å². The van der Waals surface area contributed by atoms with Gasteiger partial charge in [-0.3, -0.25) is 0 Å². The first-order chi connectivity index (χ1) is 9.84. The van der Waals surface area contributed by atoms with E-state index in [-0.39, 0.29) is 5.56 Å². The Morgan fingerprint density at radius 3 is 2.38 bits per heavy atom. The van der Waals surface area contributed by atoms with Crippen LogP contribution in [-0.2, 0) is 6.18 Å². The summed E-state index contributed by atoms with van der Waals surface area (Å²) in [5.41, 5.74) is 0.749. The molecule has 1 heterocycles. The lowest BCUT2D eigenvalue weighted by Crippen LogP contribution is -2.24. The summed E-state index contributed by atoms with van der Waals surface area (Å²) in [7, 11) is 0. The number of nitrogens with one attached hydrogen (secondary N) is 1. The lowest BCUT2D eigenvalue weighted by molar-refractivity contribution is -0.138. The zero-order valence-electron chi connectivity index (χ0n) is 12.2. The first kappa shape index (κ1) is 16.0. The van der Waals surface area contributed by atoms with E-state index in [0.29, 0.717) is 6.54 Å². The molecule has 0 saturated carbocycles. The molecule has 1 nitrogen and oxygen atoms in total. The molecule has 0 radical (unpaired) electrons. The van der Waals surface area contributed by atoms with E-state index < -0.39 is 17.8 Å². The van der Waals surface area contributed by atoms with Gasteiger partial charge in [-0.2, -0.15) is 13.2 Å². The van der Waals surface area contributed by atoms with Gasteiger partial charge in [0, 0.05) is 9.75 Å². The fraction of sp³-hybridized carbons (Fsp3) is 0.375. The molecular formula is C16H18F3NS. The minimum absolute atomic E-state index is 0.289. The SMILES string of the molecule is CCNC(c1ccccc1C(F)(F)F)c1sc(C)cc1C. The fourth-order valence-electron chi connectivity index (χ4n) is 2.50. The van der Waals surface area contributed by atoms with E-state index in [1.807, 2.05) is 26.8 Å². The van der Waals surface area contributed by atoms with Crippen molar-refractivity contribution in [1.29, 1.82) is 0 Å². The molecule has 0 bridgehead atoms. The molecular weight excluding hydrogens is 295 g/mol. The highest BCUT2D eigenvalue weighted by Gasteiger charge is 2.35. The Hall–Kier alpha value is -1.33. The van der Waals surface area contributed by atoms with Crippen LogP contribution in [0.5, 0.6) is 0 Å². The van der Waals surface area contributed by atoms with Crippen LogP contribution in [0.3, 0.4) is 0 Å². The molecule has 0 saturated heterocycles. The Kier molecular flexibility index (Phi) is 4.74. The normalized spacial score (nSPS) is 13.4. The van der Waals surface area contributed by atoms with Crippen molar-refractivity contribution in [2.75, 3.05) is 6.54 Å². The highest BCUT2D eigenvalue weighted by Crippen LogP contribution is 2.39. The molecule has 0 aliphatic rings. The standard InChI is InChI=1S/C16H18F3NS/c1-4-20-14(15-10(2)9-11(3)21-15)12-7-5-6-8-13(12)16(17,18)19/h5-9,14,20H,4H2,1-3H3. The summed E-state index contributed by atoms with van der Waals surface area (Å²) >= 11 is 1.55. The Bertz CT molecular complexity index is 616. The molecule has 2 aromatic rings. The van der Waals surface area contributed by atoms with Gasteiger partial charge in [-0.15, -0.1) is 11.3 Å². The monoisotopic (exact) mass is 313 g/mol. The Morgan fingerprint density at radius 1 is 1.19 bits per heavy atom. The second kappa shape index (κ2) is 6.20. The number of halogens is 3. The number of hydrogen-bond donors (Lipinski definition) is 1. The quantitative estimate of drug-likeness (QED) is 0.829. The Balaban J connectivity index is 2.56. The van der Waals surface area contributed by atoms with Gasteiger partial charge in [-0.1, -0.05) is 25.1 Å². The molecule has 1 unspecified atom stereocenters. The van der Waals surface area contributed by atoms with Gasteiger partial charge in [0.1, 0.15) is 0 Å². The maximum absolute atomic E-state index is 13.2. The van der Waals surface area contributed by atoms with Crippen LogP contribution in [0, 0.1) is 13.8 Å². The molecule has 1 aromatic heterocycles. The summed E-state index contributed by atoms with van der Waals surface area (Å²) in [5.74, 6) is 0. The highest BCUT2D eigenvalue weighted by molar-refractivity contribution is 7.12. The molecule has 0 amide bonds. The maximum atomic E-state index is 13.2. The molecule has 114 valence electrons. The van der Waals surface area contributed by atoms with Crippen LogP contribution in [0.25, 0.3) is 0 Å². The number of alkyl halides is 3. The maximum Gasteiger partial charge on any atom is 0.416 e. The van der Waals surface area contributed by atoms with E-state index in [4.69, 9.17) is 0 Å². The van der Waals surface area contributed by atoms with Crippen LogP contribution in [0.15, 0.2) is 30.3 Å². The van der Waals surface area contributed by atoms with Crippen molar-refractivity contribution < 1.29 is 13.2 Å². The summed E-state index contributed by atoms with van der Waals surface area (Å²) in [6.45, 7) is 6.42. The highest BCUT2D eigenvalue weighted by atomic mass is 32.1. The average molecular weight is 313 g/mol. The summed E-state index contributed by atoms with van der Waals surface area (Å²) in [4.78, 5) is 2.06. The average Bonchev–Trinajstić information content (AvgIpc) is 2.74. The first-order valence-corrected chi connectivity index (χ1v) is 7.62. The van der Waals surface area contributed by atoms with Crippen LogP contribution >= 0.6 is 11.3 Å². The summed E-state index contributed by atoms with van der Waals surface area (Å²) in [6.07, 6.45) is -4.34. The summed E-state index contributed by atoms with van der Waals surface area (Å²) in [6, 6.07) is 7.39. The molecule has 5 heteroatoms. The zero-order chi connectivity index (χ0) is 15.6. The van der Waals surface area contributed by atoms with Crippen LogP contribution in [0.2, 0.25) is 0 Å². The van der Waals surface area contributed by atoms with Crippen molar-refractivity contribution in [3.8, 4) is 0 Å².